The molecule has 0 heterocycles. The Morgan fingerprint density at radius 2 is 1.46 bits per heavy atom. The van der Waals surface area contributed by atoms with Gasteiger partial charge < -0.3 is 14.2 Å². The number of ether oxygens (including phenoxy) is 3. The lowest BCUT2D eigenvalue weighted by Crippen LogP contribution is -2.42. The molecule has 0 aliphatic heterocycles. The molecule has 0 fully saturated rings. The molecule has 0 saturated carbocycles. The summed E-state index contributed by atoms with van der Waals surface area (Å²) in [7, 11) is 4.51. The van der Waals surface area contributed by atoms with Crippen LogP contribution in [0.2, 0.25) is 0 Å². The molecule has 0 atom stereocenters. The van der Waals surface area contributed by atoms with Crippen LogP contribution in [0.5, 0.6) is 17.2 Å². The Morgan fingerprint density at radius 1 is 0.885 bits per heavy atom. The van der Waals surface area contributed by atoms with Gasteiger partial charge >= 0.3 is 0 Å². The molecule has 2 aromatic carbocycles. The zero-order chi connectivity index (χ0) is 19.1. The van der Waals surface area contributed by atoms with E-state index < -0.39 is 0 Å². The van der Waals surface area contributed by atoms with Gasteiger partial charge in [-0.3, -0.25) is 20.4 Å². The summed E-state index contributed by atoms with van der Waals surface area (Å²) < 4.78 is 15.8. The van der Waals surface area contributed by atoms with Gasteiger partial charge in [0.1, 0.15) is 0 Å². The van der Waals surface area contributed by atoms with Gasteiger partial charge in [0.15, 0.2) is 11.5 Å². The van der Waals surface area contributed by atoms with E-state index in [1.807, 2.05) is 19.1 Å². The highest BCUT2D eigenvalue weighted by Gasteiger charge is 2.15. The monoisotopic (exact) mass is 358 g/mol. The van der Waals surface area contributed by atoms with Gasteiger partial charge in [0, 0.05) is 5.56 Å². The van der Waals surface area contributed by atoms with Crippen LogP contribution in [0.4, 0.5) is 0 Å². The molecule has 0 unspecified atom stereocenters. The van der Waals surface area contributed by atoms with Crippen molar-refractivity contribution in [3.63, 3.8) is 0 Å². The van der Waals surface area contributed by atoms with Crippen LogP contribution in [-0.4, -0.2) is 33.1 Å². The highest BCUT2D eigenvalue weighted by molar-refractivity contribution is 5.95. The van der Waals surface area contributed by atoms with E-state index in [9.17, 15) is 9.59 Å². The summed E-state index contributed by atoms with van der Waals surface area (Å²) in [6.45, 7) is 1.93. The first-order valence-electron chi connectivity index (χ1n) is 7.93. The minimum absolute atomic E-state index is 0.0326. The fourth-order valence-corrected chi connectivity index (χ4v) is 2.37. The molecule has 2 rings (SSSR count). The lowest BCUT2D eigenvalue weighted by atomic mass is 10.1. The average Bonchev–Trinajstić information content (AvgIpc) is 2.65. The predicted molar refractivity (Wildman–Crippen MR) is 96.6 cm³/mol. The van der Waals surface area contributed by atoms with E-state index in [4.69, 9.17) is 14.2 Å². The Morgan fingerprint density at radius 3 is 1.96 bits per heavy atom. The molecule has 26 heavy (non-hydrogen) atoms. The maximum atomic E-state index is 12.1. The molecule has 0 aliphatic rings. The molecule has 0 radical (unpaired) electrons. The summed E-state index contributed by atoms with van der Waals surface area (Å²) in [5.74, 6) is 0.603. The van der Waals surface area contributed by atoms with Gasteiger partial charge in [-0.25, -0.2) is 0 Å². The van der Waals surface area contributed by atoms with E-state index in [1.165, 1.54) is 21.3 Å². The van der Waals surface area contributed by atoms with Crippen molar-refractivity contribution in [1.82, 2.24) is 10.9 Å². The maximum Gasteiger partial charge on any atom is 0.269 e. The van der Waals surface area contributed by atoms with Crippen molar-refractivity contribution in [3.05, 3.63) is 53.1 Å². The summed E-state index contributed by atoms with van der Waals surface area (Å²) >= 11 is 0. The van der Waals surface area contributed by atoms with E-state index in [2.05, 4.69) is 10.9 Å². The zero-order valence-electron chi connectivity index (χ0n) is 15.2. The molecule has 2 N–H and O–H groups in total. The number of rotatable bonds is 6. The molecule has 0 aromatic heterocycles. The number of aryl methyl sites for hydroxylation is 1. The molecule has 138 valence electrons. The van der Waals surface area contributed by atoms with Crippen LogP contribution >= 0.6 is 0 Å². The highest BCUT2D eigenvalue weighted by Crippen LogP contribution is 2.38. The number of hydrogen-bond acceptors (Lipinski definition) is 5. The predicted octanol–water partition coefficient (Wildman–Crippen LogP) is 2.02. The van der Waals surface area contributed by atoms with Gasteiger partial charge in [0.2, 0.25) is 11.7 Å². The second-order valence-electron chi connectivity index (χ2n) is 5.58. The molecule has 2 aromatic rings. The van der Waals surface area contributed by atoms with Crippen molar-refractivity contribution in [2.45, 2.75) is 13.3 Å². The van der Waals surface area contributed by atoms with Gasteiger partial charge in [-0.2, -0.15) is 0 Å². The van der Waals surface area contributed by atoms with E-state index >= 15 is 0 Å². The van der Waals surface area contributed by atoms with Gasteiger partial charge in [-0.15, -0.1) is 0 Å². The number of nitrogens with one attached hydrogen (secondary N) is 2. The number of amides is 2. The fraction of sp³-hybridized carbons (Fsp3) is 0.263. The van der Waals surface area contributed by atoms with Crippen molar-refractivity contribution < 1.29 is 23.8 Å². The average molecular weight is 358 g/mol. The minimum Gasteiger partial charge on any atom is -0.493 e. The number of carbonyl (C=O) groups excluding carboxylic acids is 2. The Balaban J connectivity index is 2.01. The smallest absolute Gasteiger partial charge is 0.269 e. The first-order chi connectivity index (χ1) is 12.5. The normalized spacial score (nSPS) is 10.0. The lowest BCUT2D eigenvalue weighted by Gasteiger charge is -2.14. The van der Waals surface area contributed by atoms with Crippen molar-refractivity contribution >= 4 is 11.8 Å². The SMILES string of the molecule is COc1cc(CC(=O)NNC(=O)c2ccc(C)cc2)cc(OC)c1OC. The highest BCUT2D eigenvalue weighted by atomic mass is 16.5. The molecular weight excluding hydrogens is 336 g/mol. The van der Waals surface area contributed by atoms with E-state index in [-0.39, 0.29) is 18.2 Å². The van der Waals surface area contributed by atoms with E-state index in [0.717, 1.165) is 5.56 Å². The number of hydrogen-bond donors (Lipinski definition) is 2. The van der Waals surface area contributed by atoms with E-state index in [0.29, 0.717) is 28.4 Å². The van der Waals surface area contributed by atoms with Crippen LogP contribution in [-0.2, 0) is 11.2 Å². The maximum absolute atomic E-state index is 12.1. The van der Waals surface area contributed by atoms with Crippen LogP contribution in [0, 0.1) is 6.92 Å². The number of hydrazine groups is 1. The van der Waals surface area contributed by atoms with E-state index in [1.54, 1.807) is 24.3 Å². The van der Waals surface area contributed by atoms with Crippen LogP contribution in [0.1, 0.15) is 21.5 Å². The van der Waals surface area contributed by atoms with Crippen LogP contribution in [0.3, 0.4) is 0 Å². The second-order valence-corrected chi connectivity index (χ2v) is 5.58. The lowest BCUT2D eigenvalue weighted by molar-refractivity contribution is -0.121. The Hall–Kier alpha value is -3.22. The van der Waals surface area contributed by atoms with Crippen molar-refractivity contribution in [2.75, 3.05) is 21.3 Å². The summed E-state index contributed by atoms with van der Waals surface area (Å²) in [5.41, 5.74) is 6.95. The topological polar surface area (TPSA) is 85.9 Å². The number of methoxy groups -OCH3 is 3. The van der Waals surface area contributed by atoms with Crippen molar-refractivity contribution in [2.24, 2.45) is 0 Å². The molecule has 0 aliphatic carbocycles. The molecule has 0 bridgehead atoms. The van der Waals surface area contributed by atoms with Gasteiger partial charge in [-0.05, 0) is 36.8 Å². The third kappa shape index (κ3) is 4.66. The van der Waals surface area contributed by atoms with Crippen LogP contribution < -0.4 is 25.1 Å². The molecule has 2 amide bonds. The Kier molecular flexibility index (Phi) is 6.43. The quantitative estimate of drug-likeness (QED) is 0.772. The van der Waals surface area contributed by atoms with Gasteiger partial charge in [0.05, 0.1) is 27.8 Å². The minimum atomic E-state index is -0.386. The molecule has 7 nitrogen and oxygen atoms in total. The van der Waals surface area contributed by atoms with Gasteiger partial charge in [0.25, 0.3) is 5.91 Å². The summed E-state index contributed by atoms with van der Waals surface area (Å²) in [4.78, 5) is 24.1. The first-order valence-corrected chi connectivity index (χ1v) is 7.93. The van der Waals surface area contributed by atoms with Gasteiger partial charge in [-0.1, -0.05) is 17.7 Å². The van der Waals surface area contributed by atoms with Crippen LogP contribution in [0.15, 0.2) is 36.4 Å². The first kappa shape index (κ1) is 19.1. The van der Waals surface area contributed by atoms with Crippen LogP contribution in [0.25, 0.3) is 0 Å². The largest absolute Gasteiger partial charge is 0.493 e. The number of benzene rings is 2. The Bertz CT molecular complexity index is 762. The summed E-state index contributed by atoms with van der Waals surface area (Å²) in [6.07, 6.45) is 0.0326. The van der Waals surface area contributed by atoms with Crippen molar-refractivity contribution in [1.29, 1.82) is 0 Å². The Labute approximate surface area is 152 Å². The third-order valence-electron chi connectivity index (χ3n) is 3.72. The van der Waals surface area contributed by atoms with Crippen molar-refractivity contribution in [3.8, 4) is 17.2 Å². The molecular formula is C19H22N2O5. The fourth-order valence-electron chi connectivity index (χ4n) is 2.37. The standard InChI is InChI=1S/C19H22N2O5/c1-12-5-7-14(8-6-12)19(23)21-20-17(22)11-13-9-15(24-2)18(26-4)16(10-13)25-3/h5-10H,11H2,1-4H3,(H,20,22)(H,21,23). The molecule has 7 heteroatoms. The molecule has 0 saturated heterocycles. The second kappa shape index (κ2) is 8.75. The third-order valence-corrected chi connectivity index (χ3v) is 3.72. The number of carbonyl (C=O) groups is 2. The zero-order valence-corrected chi connectivity index (χ0v) is 15.2. The molecule has 0 spiro atoms. The summed E-state index contributed by atoms with van der Waals surface area (Å²) in [5, 5.41) is 0. The summed E-state index contributed by atoms with van der Waals surface area (Å²) in [6, 6.07) is 10.4.